The van der Waals surface area contributed by atoms with Crippen LogP contribution < -0.4 is 5.32 Å². The van der Waals surface area contributed by atoms with E-state index in [-0.39, 0.29) is 11.6 Å². The fraction of sp³-hybridized carbons (Fsp3) is 0.267. The van der Waals surface area contributed by atoms with E-state index < -0.39 is 17.9 Å². The second kappa shape index (κ2) is 6.21. The van der Waals surface area contributed by atoms with Crippen molar-refractivity contribution in [3.05, 3.63) is 42.3 Å². The van der Waals surface area contributed by atoms with Crippen molar-refractivity contribution in [1.29, 1.82) is 0 Å². The SMILES string of the molecule is CC(C)[C@H](NC(=O)c1coc(-c2ccccc2)n1)C(=O)O. The third kappa shape index (κ3) is 3.47. The number of hydrogen-bond acceptors (Lipinski definition) is 4. The molecule has 110 valence electrons. The fourth-order valence-electron chi connectivity index (χ4n) is 1.82. The summed E-state index contributed by atoms with van der Waals surface area (Å²) in [4.78, 5) is 27.2. The zero-order valence-corrected chi connectivity index (χ0v) is 11.7. The lowest BCUT2D eigenvalue weighted by Gasteiger charge is -2.16. The molecule has 0 aliphatic heterocycles. The van der Waals surface area contributed by atoms with Gasteiger partial charge in [-0.2, -0.15) is 0 Å². The van der Waals surface area contributed by atoms with E-state index in [1.807, 2.05) is 30.3 Å². The number of carboxylic acid groups (broad SMARTS) is 1. The summed E-state index contributed by atoms with van der Waals surface area (Å²) >= 11 is 0. The lowest BCUT2D eigenvalue weighted by molar-refractivity contribution is -0.140. The second-order valence-corrected chi connectivity index (χ2v) is 4.94. The molecule has 0 spiro atoms. The molecule has 0 unspecified atom stereocenters. The highest BCUT2D eigenvalue weighted by molar-refractivity contribution is 5.95. The van der Waals surface area contributed by atoms with E-state index in [9.17, 15) is 9.59 Å². The molecule has 1 amide bonds. The van der Waals surface area contributed by atoms with Crippen LogP contribution in [0.1, 0.15) is 24.3 Å². The number of amides is 1. The third-order valence-corrected chi connectivity index (χ3v) is 2.98. The first-order valence-electron chi connectivity index (χ1n) is 6.53. The van der Waals surface area contributed by atoms with Crippen LogP contribution in [-0.2, 0) is 4.79 Å². The van der Waals surface area contributed by atoms with Crippen LogP contribution in [0.4, 0.5) is 0 Å². The van der Waals surface area contributed by atoms with Gasteiger partial charge in [0.1, 0.15) is 12.3 Å². The molecule has 1 aromatic carbocycles. The first-order chi connectivity index (χ1) is 9.99. The summed E-state index contributed by atoms with van der Waals surface area (Å²) in [5.74, 6) is -1.56. The first kappa shape index (κ1) is 14.8. The van der Waals surface area contributed by atoms with E-state index in [0.717, 1.165) is 5.56 Å². The minimum absolute atomic E-state index is 0.0563. The normalized spacial score (nSPS) is 12.1. The highest BCUT2D eigenvalue weighted by Gasteiger charge is 2.25. The van der Waals surface area contributed by atoms with Crippen molar-refractivity contribution in [2.75, 3.05) is 0 Å². The lowest BCUT2D eigenvalue weighted by atomic mass is 10.0. The number of aromatic nitrogens is 1. The predicted octanol–water partition coefficient (Wildman–Crippen LogP) is 2.18. The van der Waals surface area contributed by atoms with Crippen LogP contribution in [0.5, 0.6) is 0 Å². The van der Waals surface area contributed by atoms with Gasteiger partial charge in [0.05, 0.1) is 0 Å². The van der Waals surface area contributed by atoms with Crippen LogP contribution in [-0.4, -0.2) is 28.0 Å². The van der Waals surface area contributed by atoms with Crippen molar-refractivity contribution in [3.63, 3.8) is 0 Å². The minimum atomic E-state index is -1.08. The molecule has 0 aliphatic carbocycles. The van der Waals surface area contributed by atoms with Gasteiger partial charge >= 0.3 is 5.97 Å². The molecule has 6 heteroatoms. The van der Waals surface area contributed by atoms with Crippen LogP contribution in [0.15, 0.2) is 41.0 Å². The Bertz CT molecular complexity index is 634. The van der Waals surface area contributed by atoms with Gasteiger partial charge in [-0.1, -0.05) is 32.0 Å². The van der Waals surface area contributed by atoms with E-state index in [0.29, 0.717) is 5.89 Å². The van der Waals surface area contributed by atoms with Gasteiger partial charge in [0.2, 0.25) is 5.89 Å². The Hall–Kier alpha value is -2.63. The molecule has 21 heavy (non-hydrogen) atoms. The van der Waals surface area contributed by atoms with Crippen molar-refractivity contribution in [2.24, 2.45) is 5.92 Å². The molecule has 2 aromatic rings. The molecule has 1 atom stereocenters. The largest absolute Gasteiger partial charge is 0.480 e. The highest BCUT2D eigenvalue weighted by atomic mass is 16.4. The number of carbonyl (C=O) groups excluding carboxylic acids is 1. The van der Waals surface area contributed by atoms with E-state index in [4.69, 9.17) is 9.52 Å². The van der Waals surface area contributed by atoms with Crippen molar-refractivity contribution >= 4 is 11.9 Å². The molecular weight excluding hydrogens is 272 g/mol. The predicted molar refractivity (Wildman–Crippen MR) is 75.7 cm³/mol. The van der Waals surface area contributed by atoms with E-state index in [1.165, 1.54) is 6.26 Å². The fourth-order valence-corrected chi connectivity index (χ4v) is 1.82. The molecule has 1 aromatic heterocycles. The Morgan fingerprint density at radius 1 is 1.24 bits per heavy atom. The number of nitrogens with zero attached hydrogens (tertiary/aromatic N) is 1. The van der Waals surface area contributed by atoms with Crippen LogP contribution in [0, 0.1) is 5.92 Å². The standard InChI is InChI=1S/C15H16N2O4/c1-9(2)12(15(19)20)17-13(18)11-8-21-14(16-11)10-6-4-3-5-7-10/h3-9,12H,1-2H3,(H,17,18)(H,19,20)/t12-/m0/s1. The summed E-state index contributed by atoms with van der Waals surface area (Å²) in [6, 6.07) is 8.18. The number of aliphatic carboxylic acids is 1. The average molecular weight is 288 g/mol. The van der Waals surface area contributed by atoms with Gasteiger partial charge in [0.15, 0.2) is 5.69 Å². The third-order valence-electron chi connectivity index (χ3n) is 2.98. The zero-order chi connectivity index (χ0) is 15.4. The number of nitrogens with one attached hydrogen (secondary N) is 1. The number of carboxylic acids is 1. The van der Waals surface area contributed by atoms with Gasteiger partial charge in [0, 0.05) is 5.56 Å². The van der Waals surface area contributed by atoms with Gasteiger partial charge in [-0.25, -0.2) is 9.78 Å². The molecule has 1 heterocycles. The zero-order valence-electron chi connectivity index (χ0n) is 11.7. The van der Waals surface area contributed by atoms with E-state index in [1.54, 1.807) is 13.8 Å². The Kier molecular flexibility index (Phi) is 4.37. The molecule has 0 radical (unpaired) electrons. The number of oxazole rings is 1. The molecule has 2 rings (SSSR count). The molecule has 6 nitrogen and oxygen atoms in total. The molecular formula is C15H16N2O4. The summed E-state index contributed by atoms with van der Waals surface area (Å²) in [5, 5.41) is 11.5. The van der Waals surface area contributed by atoms with Gasteiger partial charge in [-0.3, -0.25) is 4.79 Å². The number of hydrogen-bond donors (Lipinski definition) is 2. The molecule has 0 fully saturated rings. The monoisotopic (exact) mass is 288 g/mol. The van der Waals surface area contributed by atoms with Crippen LogP contribution in [0.25, 0.3) is 11.5 Å². The van der Waals surface area contributed by atoms with E-state index >= 15 is 0 Å². The Morgan fingerprint density at radius 2 is 1.90 bits per heavy atom. The maximum Gasteiger partial charge on any atom is 0.326 e. The molecule has 0 saturated carbocycles. The van der Waals surface area contributed by atoms with Crippen LogP contribution in [0.3, 0.4) is 0 Å². The van der Waals surface area contributed by atoms with Crippen LogP contribution in [0.2, 0.25) is 0 Å². The molecule has 0 bridgehead atoms. The Labute approximate surface area is 121 Å². The molecule has 0 aliphatic rings. The van der Waals surface area contributed by atoms with Crippen molar-refractivity contribution in [3.8, 4) is 11.5 Å². The summed E-state index contributed by atoms with van der Waals surface area (Å²) in [7, 11) is 0. The topological polar surface area (TPSA) is 92.4 Å². The van der Waals surface area contributed by atoms with Gasteiger partial charge in [0.25, 0.3) is 5.91 Å². The number of benzene rings is 1. The Morgan fingerprint density at radius 3 is 2.48 bits per heavy atom. The summed E-state index contributed by atoms with van der Waals surface area (Å²) < 4.78 is 5.25. The van der Waals surface area contributed by atoms with Crippen molar-refractivity contribution in [2.45, 2.75) is 19.9 Å². The number of rotatable bonds is 5. The van der Waals surface area contributed by atoms with Gasteiger partial charge < -0.3 is 14.8 Å². The number of carbonyl (C=O) groups is 2. The average Bonchev–Trinajstić information content (AvgIpc) is 2.94. The molecule has 2 N–H and O–H groups in total. The van der Waals surface area contributed by atoms with Crippen molar-refractivity contribution in [1.82, 2.24) is 10.3 Å². The van der Waals surface area contributed by atoms with E-state index in [2.05, 4.69) is 10.3 Å². The maximum absolute atomic E-state index is 12.0. The minimum Gasteiger partial charge on any atom is -0.480 e. The maximum atomic E-state index is 12.0. The quantitative estimate of drug-likeness (QED) is 0.879. The highest BCUT2D eigenvalue weighted by Crippen LogP contribution is 2.18. The summed E-state index contributed by atoms with van der Waals surface area (Å²) in [6.07, 6.45) is 1.22. The Balaban J connectivity index is 2.14. The summed E-state index contributed by atoms with van der Waals surface area (Å²) in [6.45, 7) is 3.44. The molecule has 0 saturated heterocycles. The summed E-state index contributed by atoms with van der Waals surface area (Å²) in [5.41, 5.74) is 0.802. The van der Waals surface area contributed by atoms with Gasteiger partial charge in [-0.15, -0.1) is 0 Å². The van der Waals surface area contributed by atoms with Crippen LogP contribution >= 0.6 is 0 Å². The lowest BCUT2D eigenvalue weighted by Crippen LogP contribution is -2.44. The first-order valence-corrected chi connectivity index (χ1v) is 6.53. The smallest absolute Gasteiger partial charge is 0.326 e. The second-order valence-electron chi connectivity index (χ2n) is 4.94. The van der Waals surface area contributed by atoms with Crippen molar-refractivity contribution < 1.29 is 19.1 Å². The van der Waals surface area contributed by atoms with Gasteiger partial charge in [-0.05, 0) is 18.1 Å².